The van der Waals surface area contributed by atoms with E-state index in [4.69, 9.17) is 4.74 Å². The number of rotatable bonds is 8. The molecule has 9 heteroatoms. The molecule has 0 spiro atoms. The number of sulfonamides is 1. The molecular weight excluding hydrogens is 416 g/mol. The molecule has 0 saturated carbocycles. The van der Waals surface area contributed by atoms with Gasteiger partial charge in [0.2, 0.25) is 10.0 Å². The van der Waals surface area contributed by atoms with E-state index in [0.717, 1.165) is 24.8 Å². The van der Waals surface area contributed by atoms with Crippen molar-refractivity contribution in [3.63, 3.8) is 0 Å². The van der Waals surface area contributed by atoms with Crippen LogP contribution in [0.3, 0.4) is 0 Å². The Hall–Kier alpha value is -2.52. The minimum Gasteiger partial charge on any atom is -0.458 e. The first-order valence-corrected chi connectivity index (χ1v) is 12.2. The predicted octanol–water partition coefficient (Wildman–Crippen LogP) is 2.75. The fraction of sp³-hybridized carbons (Fsp3) is 0.500. The molecule has 1 aromatic carbocycles. The van der Waals surface area contributed by atoms with Gasteiger partial charge >= 0.3 is 6.01 Å². The van der Waals surface area contributed by atoms with Crippen LogP contribution < -0.4 is 4.74 Å². The van der Waals surface area contributed by atoms with E-state index in [1.165, 1.54) is 16.4 Å². The third-order valence-electron chi connectivity index (χ3n) is 5.47. The van der Waals surface area contributed by atoms with Crippen LogP contribution in [0.5, 0.6) is 6.01 Å². The van der Waals surface area contributed by atoms with Crippen molar-refractivity contribution < 1.29 is 17.9 Å². The van der Waals surface area contributed by atoms with Crippen LogP contribution in [0.1, 0.15) is 49.5 Å². The highest BCUT2D eigenvalue weighted by Crippen LogP contribution is 2.20. The first-order valence-electron chi connectivity index (χ1n) is 10.8. The minimum atomic E-state index is -3.54. The molecule has 1 fully saturated rings. The third-order valence-corrected chi connectivity index (χ3v) is 7.54. The van der Waals surface area contributed by atoms with Crippen LogP contribution in [0.4, 0.5) is 0 Å². The fourth-order valence-corrected chi connectivity index (χ4v) is 5.08. The normalized spacial score (nSPS) is 17.0. The van der Waals surface area contributed by atoms with Crippen LogP contribution >= 0.6 is 0 Å². The van der Waals surface area contributed by atoms with Gasteiger partial charge in [-0.25, -0.2) is 18.4 Å². The fourth-order valence-electron chi connectivity index (χ4n) is 3.62. The first kappa shape index (κ1) is 23.1. The van der Waals surface area contributed by atoms with Crippen LogP contribution in [-0.4, -0.2) is 65.8 Å². The number of aryl methyl sites for hydroxylation is 1. The van der Waals surface area contributed by atoms with E-state index in [-0.39, 0.29) is 16.9 Å². The number of ether oxygens (including phenoxy) is 1. The molecule has 1 unspecified atom stereocenters. The number of amides is 1. The van der Waals surface area contributed by atoms with E-state index in [1.54, 1.807) is 43.3 Å². The Morgan fingerprint density at radius 1 is 1.13 bits per heavy atom. The van der Waals surface area contributed by atoms with Crippen LogP contribution in [0.25, 0.3) is 0 Å². The topological polar surface area (TPSA) is 92.7 Å². The zero-order valence-electron chi connectivity index (χ0n) is 18.3. The summed E-state index contributed by atoms with van der Waals surface area (Å²) in [6.45, 7) is 7.52. The van der Waals surface area contributed by atoms with Gasteiger partial charge in [-0.2, -0.15) is 4.31 Å². The second kappa shape index (κ2) is 10.2. The van der Waals surface area contributed by atoms with Crippen LogP contribution in [0.2, 0.25) is 0 Å². The first-order chi connectivity index (χ1) is 14.9. The third kappa shape index (κ3) is 5.40. The summed E-state index contributed by atoms with van der Waals surface area (Å²) in [6.07, 6.45) is 5.83. The minimum absolute atomic E-state index is 0.137. The van der Waals surface area contributed by atoms with E-state index in [0.29, 0.717) is 37.8 Å². The molecule has 2 heterocycles. The standard InChI is InChI=1S/C22H30N4O4S/c1-4-17-14-23-22(24-15-17)30-19-8-7-13-25(16-19)21(27)18-9-11-20(12-10-18)31(28,29)26(5-2)6-3/h9-12,14-15,19H,4-8,13,16H2,1-3H3. The molecule has 0 bridgehead atoms. The number of aromatic nitrogens is 2. The molecule has 0 N–H and O–H groups in total. The Balaban J connectivity index is 1.66. The highest BCUT2D eigenvalue weighted by atomic mass is 32.2. The predicted molar refractivity (Wildman–Crippen MR) is 118 cm³/mol. The molecule has 2 aromatic rings. The molecule has 3 rings (SSSR count). The molecule has 168 valence electrons. The monoisotopic (exact) mass is 446 g/mol. The Morgan fingerprint density at radius 3 is 2.35 bits per heavy atom. The van der Waals surface area contributed by atoms with E-state index in [9.17, 15) is 13.2 Å². The molecule has 1 aliphatic heterocycles. The summed E-state index contributed by atoms with van der Waals surface area (Å²) >= 11 is 0. The van der Waals surface area contributed by atoms with Gasteiger partial charge in [0.05, 0.1) is 11.4 Å². The Kier molecular flexibility index (Phi) is 7.61. The van der Waals surface area contributed by atoms with Crippen LogP contribution in [0.15, 0.2) is 41.6 Å². The zero-order valence-corrected chi connectivity index (χ0v) is 19.1. The van der Waals surface area contributed by atoms with Gasteiger partial charge in [-0.3, -0.25) is 4.79 Å². The largest absolute Gasteiger partial charge is 0.458 e. The van der Waals surface area contributed by atoms with Gasteiger partial charge < -0.3 is 9.64 Å². The van der Waals surface area contributed by atoms with E-state index in [2.05, 4.69) is 9.97 Å². The molecule has 31 heavy (non-hydrogen) atoms. The molecule has 1 aliphatic rings. The van der Waals surface area contributed by atoms with Crippen molar-refractivity contribution in [2.75, 3.05) is 26.2 Å². The van der Waals surface area contributed by atoms with E-state index in [1.807, 2.05) is 6.92 Å². The number of benzene rings is 1. The summed E-state index contributed by atoms with van der Waals surface area (Å²) in [5.74, 6) is -0.137. The lowest BCUT2D eigenvalue weighted by Crippen LogP contribution is -2.44. The summed E-state index contributed by atoms with van der Waals surface area (Å²) < 4.78 is 32.6. The van der Waals surface area contributed by atoms with Crippen molar-refractivity contribution in [1.82, 2.24) is 19.2 Å². The lowest BCUT2D eigenvalue weighted by Gasteiger charge is -2.32. The number of carbonyl (C=O) groups is 1. The van der Waals surface area contributed by atoms with E-state index >= 15 is 0 Å². The van der Waals surface area contributed by atoms with Crippen molar-refractivity contribution in [3.8, 4) is 6.01 Å². The van der Waals surface area contributed by atoms with Gasteiger partial charge in [-0.05, 0) is 49.1 Å². The lowest BCUT2D eigenvalue weighted by atomic mass is 10.1. The number of nitrogens with zero attached hydrogens (tertiary/aromatic N) is 4. The molecule has 8 nitrogen and oxygen atoms in total. The summed E-state index contributed by atoms with van der Waals surface area (Å²) in [5, 5.41) is 0. The zero-order chi connectivity index (χ0) is 22.4. The van der Waals surface area contributed by atoms with Crippen molar-refractivity contribution >= 4 is 15.9 Å². The van der Waals surface area contributed by atoms with Gasteiger partial charge in [0.15, 0.2) is 0 Å². The van der Waals surface area contributed by atoms with Crippen molar-refractivity contribution in [2.45, 2.75) is 51.0 Å². The highest BCUT2D eigenvalue weighted by molar-refractivity contribution is 7.89. The molecule has 0 radical (unpaired) electrons. The highest BCUT2D eigenvalue weighted by Gasteiger charge is 2.27. The smallest absolute Gasteiger partial charge is 0.316 e. The van der Waals surface area contributed by atoms with Gasteiger partial charge in [0, 0.05) is 37.6 Å². The maximum Gasteiger partial charge on any atom is 0.316 e. The van der Waals surface area contributed by atoms with Crippen molar-refractivity contribution in [2.24, 2.45) is 0 Å². The lowest BCUT2D eigenvalue weighted by molar-refractivity contribution is 0.0515. The molecule has 1 atom stereocenters. The number of carbonyl (C=O) groups excluding carboxylic acids is 1. The van der Waals surface area contributed by atoms with Gasteiger partial charge in [0.1, 0.15) is 6.10 Å². The average molecular weight is 447 g/mol. The Morgan fingerprint density at radius 2 is 1.77 bits per heavy atom. The van der Waals surface area contributed by atoms with Gasteiger partial charge in [0.25, 0.3) is 5.91 Å². The van der Waals surface area contributed by atoms with Gasteiger partial charge in [-0.15, -0.1) is 0 Å². The van der Waals surface area contributed by atoms with Crippen molar-refractivity contribution in [3.05, 3.63) is 47.8 Å². The maximum atomic E-state index is 13.0. The quantitative estimate of drug-likeness (QED) is 0.619. The van der Waals surface area contributed by atoms with Crippen molar-refractivity contribution in [1.29, 1.82) is 0 Å². The number of likely N-dealkylation sites (tertiary alicyclic amines) is 1. The summed E-state index contributed by atoms with van der Waals surface area (Å²) in [4.78, 5) is 23.4. The number of hydrogen-bond acceptors (Lipinski definition) is 6. The SMILES string of the molecule is CCc1cnc(OC2CCCN(C(=O)c3ccc(S(=O)(=O)N(CC)CC)cc3)C2)nc1. The molecule has 0 aliphatic carbocycles. The number of hydrogen-bond donors (Lipinski definition) is 0. The van der Waals surface area contributed by atoms with Crippen LogP contribution in [0, 0.1) is 0 Å². The summed E-state index contributed by atoms with van der Waals surface area (Å²) in [7, 11) is -3.54. The Labute approximate surface area is 184 Å². The maximum absolute atomic E-state index is 13.0. The van der Waals surface area contributed by atoms with E-state index < -0.39 is 10.0 Å². The Bertz CT molecular complexity index is 974. The second-order valence-corrected chi connectivity index (χ2v) is 9.41. The second-order valence-electron chi connectivity index (χ2n) is 7.47. The van der Waals surface area contributed by atoms with Crippen LogP contribution in [-0.2, 0) is 16.4 Å². The average Bonchev–Trinajstić information content (AvgIpc) is 2.80. The molecule has 1 saturated heterocycles. The number of piperidine rings is 1. The molecule has 1 aromatic heterocycles. The van der Waals surface area contributed by atoms with Gasteiger partial charge in [-0.1, -0.05) is 20.8 Å². The summed E-state index contributed by atoms with van der Waals surface area (Å²) in [6, 6.07) is 6.48. The summed E-state index contributed by atoms with van der Waals surface area (Å²) in [5.41, 5.74) is 1.50. The molecule has 1 amide bonds. The molecular formula is C22H30N4O4S.